The third kappa shape index (κ3) is 4.43. The van der Waals surface area contributed by atoms with Crippen LogP contribution in [0.4, 0.5) is 11.5 Å². The molecule has 0 spiro atoms. The SMILES string of the molecule is O=C(COC(=O)c1ccc(S(=O)(=O)N2CCCc3ccccc32)cc1)Nc1ccon1. The Labute approximate surface area is 178 Å². The van der Waals surface area contributed by atoms with Crippen molar-refractivity contribution >= 4 is 33.4 Å². The Morgan fingerprint density at radius 3 is 2.61 bits per heavy atom. The molecule has 0 bridgehead atoms. The first-order valence-electron chi connectivity index (χ1n) is 9.53. The fourth-order valence-corrected chi connectivity index (χ4v) is 4.85. The maximum atomic E-state index is 13.1. The van der Waals surface area contributed by atoms with Crippen molar-refractivity contribution in [3.63, 3.8) is 0 Å². The molecular formula is C21H19N3O6S. The van der Waals surface area contributed by atoms with Crippen LogP contribution in [0.25, 0.3) is 0 Å². The summed E-state index contributed by atoms with van der Waals surface area (Å²) in [6, 6.07) is 14.3. The zero-order valence-corrected chi connectivity index (χ0v) is 17.2. The van der Waals surface area contributed by atoms with Gasteiger partial charge in [0, 0.05) is 12.6 Å². The summed E-state index contributed by atoms with van der Waals surface area (Å²) in [5, 5.41) is 5.91. The van der Waals surface area contributed by atoms with Crippen molar-refractivity contribution in [1.82, 2.24) is 5.16 Å². The van der Waals surface area contributed by atoms with Crippen LogP contribution in [-0.4, -0.2) is 38.6 Å². The van der Waals surface area contributed by atoms with Crippen molar-refractivity contribution in [1.29, 1.82) is 0 Å². The highest BCUT2D eigenvalue weighted by Gasteiger charge is 2.29. The second-order valence-electron chi connectivity index (χ2n) is 6.84. The van der Waals surface area contributed by atoms with E-state index in [0.29, 0.717) is 12.2 Å². The average molecular weight is 441 g/mol. The number of carbonyl (C=O) groups is 2. The van der Waals surface area contributed by atoms with Gasteiger partial charge in [-0.25, -0.2) is 13.2 Å². The summed E-state index contributed by atoms with van der Waals surface area (Å²) < 4.78 is 37.2. The molecule has 0 saturated heterocycles. The predicted octanol–water partition coefficient (Wildman–Crippen LogP) is 2.61. The van der Waals surface area contributed by atoms with E-state index in [4.69, 9.17) is 4.74 Å². The van der Waals surface area contributed by atoms with E-state index in [2.05, 4.69) is 15.0 Å². The van der Waals surface area contributed by atoms with Crippen molar-refractivity contribution in [2.75, 3.05) is 22.8 Å². The van der Waals surface area contributed by atoms with Gasteiger partial charge in [-0.1, -0.05) is 23.4 Å². The number of para-hydroxylation sites is 1. The molecule has 1 N–H and O–H groups in total. The zero-order valence-electron chi connectivity index (χ0n) is 16.4. The number of sulfonamides is 1. The van der Waals surface area contributed by atoms with Crippen LogP contribution in [0.5, 0.6) is 0 Å². The minimum atomic E-state index is -3.77. The lowest BCUT2D eigenvalue weighted by Gasteiger charge is -2.30. The minimum Gasteiger partial charge on any atom is -0.452 e. The molecule has 2 heterocycles. The molecule has 2 aromatic carbocycles. The number of aryl methyl sites for hydroxylation is 1. The van der Waals surface area contributed by atoms with Gasteiger partial charge in [0.25, 0.3) is 15.9 Å². The summed E-state index contributed by atoms with van der Waals surface area (Å²) in [6.45, 7) is -0.125. The van der Waals surface area contributed by atoms with Crippen molar-refractivity contribution < 1.29 is 27.3 Å². The highest BCUT2D eigenvalue weighted by Crippen LogP contribution is 2.31. The lowest BCUT2D eigenvalue weighted by Crippen LogP contribution is -2.35. The number of carbonyl (C=O) groups excluding carboxylic acids is 2. The number of fused-ring (bicyclic) bond motifs is 1. The molecule has 1 amide bonds. The maximum Gasteiger partial charge on any atom is 0.338 e. The Hall–Kier alpha value is -3.66. The highest BCUT2D eigenvalue weighted by atomic mass is 32.2. The third-order valence-electron chi connectivity index (χ3n) is 4.79. The van der Waals surface area contributed by atoms with Gasteiger partial charge in [-0.05, 0) is 48.7 Å². The molecule has 1 aromatic heterocycles. The van der Waals surface area contributed by atoms with Crippen molar-refractivity contribution in [3.8, 4) is 0 Å². The van der Waals surface area contributed by atoms with E-state index >= 15 is 0 Å². The first-order valence-corrected chi connectivity index (χ1v) is 11.0. The number of esters is 1. The second-order valence-corrected chi connectivity index (χ2v) is 8.71. The Balaban J connectivity index is 1.43. The average Bonchev–Trinajstić information content (AvgIpc) is 3.30. The number of benzene rings is 2. The zero-order chi connectivity index (χ0) is 21.8. The maximum absolute atomic E-state index is 13.1. The number of nitrogens with zero attached hydrogens (tertiary/aromatic N) is 2. The van der Waals surface area contributed by atoms with Crippen LogP contribution in [0.3, 0.4) is 0 Å². The molecule has 1 aliphatic heterocycles. The van der Waals surface area contributed by atoms with Gasteiger partial charge in [0.15, 0.2) is 12.4 Å². The van der Waals surface area contributed by atoms with Gasteiger partial charge in [0.2, 0.25) is 0 Å². The Morgan fingerprint density at radius 1 is 1.10 bits per heavy atom. The van der Waals surface area contributed by atoms with Crippen LogP contribution < -0.4 is 9.62 Å². The first-order chi connectivity index (χ1) is 14.9. The van der Waals surface area contributed by atoms with Gasteiger partial charge in [0.05, 0.1) is 16.1 Å². The van der Waals surface area contributed by atoms with Gasteiger partial charge in [-0.3, -0.25) is 9.10 Å². The van der Waals surface area contributed by atoms with Crippen molar-refractivity contribution in [2.24, 2.45) is 0 Å². The van der Waals surface area contributed by atoms with Gasteiger partial charge < -0.3 is 14.6 Å². The first kappa shape index (κ1) is 20.6. The monoisotopic (exact) mass is 441 g/mol. The predicted molar refractivity (Wildman–Crippen MR) is 111 cm³/mol. The van der Waals surface area contributed by atoms with Crippen LogP contribution in [-0.2, 0) is 26.0 Å². The molecule has 10 heteroatoms. The van der Waals surface area contributed by atoms with Gasteiger partial charge in [-0.15, -0.1) is 0 Å². The lowest BCUT2D eigenvalue weighted by atomic mass is 10.0. The number of ether oxygens (including phenoxy) is 1. The summed E-state index contributed by atoms with van der Waals surface area (Å²) in [5.41, 5.74) is 1.80. The molecule has 0 fully saturated rings. The second kappa shape index (κ2) is 8.60. The molecule has 9 nitrogen and oxygen atoms in total. The summed E-state index contributed by atoms with van der Waals surface area (Å²) in [7, 11) is -3.77. The van der Waals surface area contributed by atoms with Crippen LogP contribution in [0.15, 0.2) is 70.3 Å². The minimum absolute atomic E-state index is 0.0736. The fourth-order valence-electron chi connectivity index (χ4n) is 3.31. The number of aromatic nitrogens is 1. The summed E-state index contributed by atoms with van der Waals surface area (Å²) in [4.78, 5) is 24.0. The fraction of sp³-hybridized carbons (Fsp3) is 0.190. The Morgan fingerprint density at radius 2 is 1.87 bits per heavy atom. The Kier molecular flexibility index (Phi) is 5.72. The summed E-state index contributed by atoms with van der Waals surface area (Å²) in [5.74, 6) is -1.12. The standard InChI is InChI=1S/C21H19N3O6S/c25-20(22-19-11-13-30-23-19)14-29-21(26)16-7-9-17(10-8-16)31(27,28)24-12-3-5-15-4-1-2-6-18(15)24/h1-2,4,6-11,13H,3,5,12,14H2,(H,22,23,25). The number of anilines is 2. The quantitative estimate of drug-likeness (QED) is 0.584. The van der Waals surface area contributed by atoms with E-state index in [-0.39, 0.29) is 16.3 Å². The van der Waals surface area contributed by atoms with E-state index in [9.17, 15) is 18.0 Å². The molecule has 1 aliphatic rings. The normalized spacial score (nSPS) is 13.4. The molecule has 0 unspecified atom stereocenters. The number of nitrogens with one attached hydrogen (secondary N) is 1. The molecule has 4 rings (SSSR count). The lowest BCUT2D eigenvalue weighted by molar-refractivity contribution is -0.119. The van der Waals surface area contributed by atoms with Crippen molar-refractivity contribution in [2.45, 2.75) is 17.7 Å². The molecule has 31 heavy (non-hydrogen) atoms. The van der Waals surface area contributed by atoms with Gasteiger partial charge >= 0.3 is 5.97 Å². The van der Waals surface area contributed by atoms with E-state index in [1.54, 1.807) is 6.07 Å². The molecule has 3 aromatic rings. The molecule has 0 saturated carbocycles. The highest BCUT2D eigenvalue weighted by molar-refractivity contribution is 7.92. The third-order valence-corrected chi connectivity index (χ3v) is 6.61. The summed E-state index contributed by atoms with van der Waals surface area (Å²) >= 11 is 0. The van der Waals surface area contributed by atoms with Gasteiger partial charge in [0.1, 0.15) is 6.26 Å². The van der Waals surface area contributed by atoms with E-state index in [1.807, 2.05) is 18.2 Å². The molecule has 160 valence electrons. The van der Waals surface area contributed by atoms with Crippen LogP contribution >= 0.6 is 0 Å². The largest absolute Gasteiger partial charge is 0.452 e. The summed E-state index contributed by atoms with van der Waals surface area (Å²) in [6.07, 6.45) is 2.86. The number of amides is 1. The topological polar surface area (TPSA) is 119 Å². The van der Waals surface area contributed by atoms with E-state index < -0.39 is 28.5 Å². The van der Waals surface area contributed by atoms with Crippen LogP contribution in [0.2, 0.25) is 0 Å². The van der Waals surface area contributed by atoms with Gasteiger partial charge in [-0.2, -0.15) is 0 Å². The number of hydrogen-bond acceptors (Lipinski definition) is 7. The molecule has 0 atom stereocenters. The Bertz CT molecular complexity index is 1190. The molecule has 0 radical (unpaired) electrons. The van der Waals surface area contributed by atoms with Crippen LogP contribution in [0.1, 0.15) is 22.3 Å². The molecular weight excluding hydrogens is 422 g/mol. The molecule has 0 aliphatic carbocycles. The smallest absolute Gasteiger partial charge is 0.338 e. The number of hydrogen-bond donors (Lipinski definition) is 1. The van der Waals surface area contributed by atoms with Crippen LogP contribution in [0, 0.1) is 0 Å². The van der Waals surface area contributed by atoms with E-state index in [0.717, 1.165) is 18.4 Å². The van der Waals surface area contributed by atoms with E-state index in [1.165, 1.54) is 40.9 Å². The number of rotatable bonds is 6. The van der Waals surface area contributed by atoms with Crippen molar-refractivity contribution in [3.05, 3.63) is 72.0 Å².